The number of halogens is 2. The molecule has 0 fully saturated rings. The lowest BCUT2D eigenvalue weighted by Crippen LogP contribution is -1.97. The van der Waals surface area contributed by atoms with Gasteiger partial charge in [-0.1, -0.05) is 0 Å². The molecule has 0 spiro atoms. The zero-order chi connectivity index (χ0) is 7.56. The van der Waals surface area contributed by atoms with E-state index in [9.17, 15) is 0 Å². The molecule has 0 radical (unpaired) electrons. The van der Waals surface area contributed by atoms with Crippen molar-refractivity contribution in [2.24, 2.45) is 0 Å². The average Bonchev–Trinajstić information content (AvgIpc) is 2.13. The van der Waals surface area contributed by atoms with E-state index in [4.69, 9.17) is 5.26 Å². The minimum Gasteiger partial charge on any atom is -0.225 e. The highest BCUT2D eigenvalue weighted by Crippen LogP contribution is 2.09. The van der Waals surface area contributed by atoms with Crippen LogP contribution in [0.25, 0.3) is 0 Å². The second kappa shape index (κ2) is 3.12. The quantitative estimate of drug-likeness (QED) is 0.770. The van der Waals surface area contributed by atoms with Crippen molar-refractivity contribution >= 4 is 31.9 Å². The molecule has 0 atom stereocenters. The maximum Gasteiger partial charge on any atom is 0.218 e. The number of nitriles is 1. The molecular formula is C4H2Br2N4. The summed E-state index contributed by atoms with van der Waals surface area (Å²) in [6, 6.07) is 1.95. The van der Waals surface area contributed by atoms with Gasteiger partial charge in [-0.3, -0.25) is 0 Å². The number of nitrogens with zero attached hydrogens (tertiary/aromatic N) is 4. The largest absolute Gasteiger partial charge is 0.225 e. The van der Waals surface area contributed by atoms with Crippen molar-refractivity contribution in [3.05, 3.63) is 9.47 Å². The topological polar surface area (TPSA) is 54.5 Å². The fourth-order valence-electron chi connectivity index (χ4n) is 0.465. The fraction of sp³-hybridized carbons (Fsp3) is 0.250. The molecule has 1 heterocycles. The summed E-state index contributed by atoms with van der Waals surface area (Å²) in [6.45, 7) is 0.208. The van der Waals surface area contributed by atoms with Gasteiger partial charge in [-0.15, -0.1) is 5.10 Å². The van der Waals surface area contributed by atoms with E-state index in [0.29, 0.717) is 9.47 Å². The maximum absolute atomic E-state index is 8.28. The Morgan fingerprint density at radius 2 is 2.30 bits per heavy atom. The molecule has 0 amide bonds. The van der Waals surface area contributed by atoms with Crippen LogP contribution in [0.15, 0.2) is 9.47 Å². The predicted molar refractivity (Wildman–Crippen MR) is 41.0 cm³/mol. The third-order valence-corrected chi connectivity index (χ3v) is 1.74. The van der Waals surface area contributed by atoms with Gasteiger partial charge in [0.05, 0.1) is 6.07 Å². The molecule has 0 aliphatic heterocycles. The van der Waals surface area contributed by atoms with Crippen LogP contribution in [-0.2, 0) is 6.54 Å². The zero-order valence-electron chi connectivity index (χ0n) is 4.75. The summed E-state index contributed by atoms with van der Waals surface area (Å²) in [6.07, 6.45) is 0. The smallest absolute Gasteiger partial charge is 0.218 e. The van der Waals surface area contributed by atoms with E-state index < -0.39 is 0 Å². The second-order valence-electron chi connectivity index (χ2n) is 1.47. The summed E-state index contributed by atoms with van der Waals surface area (Å²) in [5.74, 6) is 0. The molecule has 6 heteroatoms. The first kappa shape index (κ1) is 7.69. The van der Waals surface area contributed by atoms with Gasteiger partial charge >= 0.3 is 0 Å². The summed E-state index contributed by atoms with van der Waals surface area (Å²) in [5, 5.41) is 12.1. The van der Waals surface area contributed by atoms with Crippen LogP contribution >= 0.6 is 31.9 Å². The Morgan fingerprint density at radius 3 is 2.70 bits per heavy atom. The summed E-state index contributed by atoms with van der Waals surface area (Å²) in [7, 11) is 0. The van der Waals surface area contributed by atoms with Crippen LogP contribution < -0.4 is 0 Å². The van der Waals surface area contributed by atoms with E-state index in [1.807, 2.05) is 6.07 Å². The molecule has 0 aliphatic rings. The van der Waals surface area contributed by atoms with Gasteiger partial charge in [0.25, 0.3) is 0 Å². The number of hydrogen-bond donors (Lipinski definition) is 0. The molecule has 52 valence electrons. The monoisotopic (exact) mass is 264 g/mol. The van der Waals surface area contributed by atoms with Crippen molar-refractivity contribution in [2.45, 2.75) is 6.54 Å². The van der Waals surface area contributed by atoms with Gasteiger partial charge < -0.3 is 0 Å². The van der Waals surface area contributed by atoms with E-state index in [0.717, 1.165) is 0 Å². The van der Waals surface area contributed by atoms with Gasteiger partial charge in [0.2, 0.25) is 4.73 Å². The minimum absolute atomic E-state index is 0.208. The Labute approximate surface area is 74.1 Å². The molecule has 0 bridgehead atoms. The highest BCUT2D eigenvalue weighted by atomic mass is 79.9. The van der Waals surface area contributed by atoms with Crippen molar-refractivity contribution in [1.29, 1.82) is 5.26 Å². The highest BCUT2D eigenvalue weighted by Gasteiger charge is 2.02. The SMILES string of the molecule is N#CCn1nc(Br)nc1Br. The molecule has 1 aromatic rings. The van der Waals surface area contributed by atoms with E-state index in [2.05, 4.69) is 41.9 Å². The first-order valence-electron chi connectivity index (χ1n) is 2.37. The Hall–Kier alpha value is -0.410. The summed E-state index contributed by atoms with van der Waals surface area (Å²) in [5.41, 5.74) is 0. The first-order chi connectivity index (χ1) is 4.74. The van der Waals surface area contributed by atoms with Crippen molar-refractivity contribution in [2.75, 3.05) is 0 Å². The molecule has 0 N–H and O–H groups in total. The van der Waals surface area contributed by atoms with E-state index in [1.54, 1.807) is 0 Å². The van der Waals surface area contributed by atoms with Gasteiger partial charge in [-0.05, 0) is 31.9 Å². The van der Waals surface area contributed by atoms with Crippen LogP contribution in [0, 0.1) is 11.3 Å². The molecule has 4 nitrogen and oxygen atoms in total. The Morgan fingerprint density at radius 1 is 1.60 bits per heavy atom. The van der Waals surface area contributed by atoms with Gasteiger partial charge in [-0.25, -0.2) is 4.68 Å². The third kappa shape index (κ3) is 1.55. The van der Waals surface area contributed by atoms with E-state index in [-0.39, 0.29) is 6.54 Å². The first-order valence-corrected chi connectivity index (χ1v) is 3.95. The molecule has 0 unspecified atom stereocenters. The lowest BCUT2D eigenvalue weighted by atomic mass is 10.7. The van der Waals surface area contributed by atoms with Crippen molar-refractivity contribution in [1.82, 2.24) is 14.8 Å². The van der Waals surface area contributed by atoms with Crippen molar-refractivity contribution in [3.8, 4) is 6.07 Å². The van der Waals surface area contributed by atoms with E-state index in [1.165, 1.54) is 4.68 Å². The number of hydrogen-bond acceptors (Lipinski definition) is 3. The molecule has 1 rings (SSSR count). The third-order valence-electron chi connectivity index (χ3n) is 0.821. The van der Waals surface area contributed by atoms with Gasteiger partial charge in [0, 0.05) is 0 Å². The molecule has 0 aromatic carbocycles. The molecule has 0 saturated heterocycles. The molecular weight excluding hydrogens is 264 g/mol. The molecule has 0 saturated carbocycles. The Kier molecular flexibility index (Phi) is 2.40. The molecule has 0 aliphatic carbocycles. The van der Waals surface area contributed by atoms with Crippen LogP contribution in [0.4, 0.5) is 0 Å². The van der Waals surface area contributed by atoms with Crippen LogP contribution in [0.2, 0.25) is 0 Å². The van der Waals surface area contributed by atoms with Gasteiger partial charge in [0.1, 0.15) is 6.54 Å². The summed E-state index contributed by atoms with van der Waals surface area (Å²) in [4.78, 5) is 3.86. The summed E-state index contributed by atoms with van der Waals surface area (Å²) < 4.78 is 2.49. The van der Waals surface area contributed by atoms with Crippen LogP contribution in [-0.4, -0.2) is 14.8 Å². The normalized spacial score (nSPS) is 9.30. The van der Waals surface area contributed by atoms with Gasteiger partial charge in [-0.2, -0.15) is 10.2 Å². The fourth-order valence-corrected chi connectivity index (χ4v) is 1.43. The molecule has 10 heavy (non-hydrogen) atoms. The van der Waals surface area contributed by atoms with Crippen LogP contribution in [0.1, 0.15) is 0 Å². The Balaban J connectivity index is 2.94. The Bertz CT molecular complexity index is 273. The average molecular weight is 266 g/mol. The highest BCUT2D eigenvalue weighted by molar-refractivity contribution is 9.11. The number of aromatic nitrogens is 3. The predicted octanol–water partition coefficient (Wildman–Crippen LogP) is 1.33. The number of rotatable bonds is 1. The van der Waals surface area contributed by atoms with E-state index >= 15 is 0 Å². The maximum atomic E-state index is 8.28. The summed E-state index contributed by atoms with van der Waals surface area (Å²) >= 11 is 6.20. The lowest BCUT2D eigenvalue weighted by molar-refractivity contribution is 0.686. The molecule has 1 aromatic heterocycles. The zero-order valence-corrected chi connectivity index (χ0v) is 7.92. The standard InChI is InChI=1S/C4H2Br2N4/c5-3-8-4(6)10(9-3)2-1-7/h2H2. The second-order valence-corrected chi connectivity index (χ2v) is 2.88. The minimum atomic E-state index is 0.208. The van der Waals surface area contributed by atoms with Crippen LogP contribution in [0.5, 0.6) is 0 Å². The van der Waals surface area contributed by atoms with Crippen LogP contribution in [0.3, 0.4) is 0 Å². The lowest BCUT2D eigenvalue weighted by Gasteiger charge is -1.89. The van der Waals surface area contributed by atoms with Crippen molar-refractivity contribution < 1.29 is 0 Å². The van der Waals surface area contributed by atoms with Crippen molar-refractivity contribution in [3.63, 3.8) is 0 Å². The van der Waals surface area contributed by atoms with Gasteiger partial charge in [0.15, 0.2) is 4.73 Å².